The van der Waals surface area contributed by atoms with Crippen LogP contribution >= 0.6 is 0 Å². The van der Waals surface area contributed by atoms with Gasteiger partial charge >= 0.3 is 5.63 Å². The van der Waals surface area contributed by atoms with Crippen LogP contribution in [0, 0.1) is 11.3 Å². The van der Waals surface area contributed by atoms with Gasteiger partial charge in [0.15, 0.2) is 0 Å². The predicted octanol–water partition coefficient (Wildman–Crippen LogP) is 1.58. The summed E-state index contributed by atoms with van der Waals surface area (Å²) in [5, 5.41) is 2.30. The molecule has 2 heterocycles. The smallest absolute Gasteiger partial charge is 0.336 e. The van der Waals surface area contributed by atoms with E-state index in [4.69, 9.17) is 4.42 Å². The molecule has 21 heavy (non-hydrogen) atoms. The van der Waals surface area contributed by atoms with E-state index >= 15 is 0 Å². The van der Waals surface area contributed by atoms with Gasteiger partial charge in [0.1, 0.15) is 5.76 Å². The summed E-state index contributed by atoms with van der Waals surface area (Å²) in [5.41, 5.74) is 1.13. The quantitative estimate of drug-likeness (QED) is 0.853. The van der Waals surface area contributed by atoms with Gasteiger partial charge < -0.3 is 4.42 Å². The third-order valence-electron chi connectivity index (χ3n) is 5.14. The van der Waals surface area contributed by atoms with Crippen molar-refractivity contribution in [3.05, 3.63) is 33.4 Å². The zero-order valence-electron chi connectivity index (χ0n) is 11.7. The van der Waals surface area contributed by atoms with E-state index in [0.29, 0.717) is 17.4 Å². The fraction of sp³-hybridized carbons (Fsp3) is 0.562. The van der Waals surface area contributed by atoms with Crippen LogP contribution in [0.3, 0.4) is 0 Å². The molecule has 2 amide bonds. The molecule has 0 radical (unpaired) electrons. The average molecular weight is 287 g/mol. The van der Waals surface area contributed by atoms with Gasteiger partial charge in [-0.3, -0.25) is 14.9 Å². The molecule has 0 bridgehead atoms. The highest BCUT2D eigenvalue weighted by molar-refractivity contribution is 6.09. The van der Waals surface area contributed by atoms with Crippen LogP contribution in [0.15, 0.2) is 15.3 Å². The summed E-state index contributed by atoms with van der Waals surface area (Å²) in [7, 11) is 0. The SMILES string of the molecule is O=C1Cc2oc(=O)cc(CCC3(C4CC4)CC3)c2C(=O)N1. The maximum Gasteiger partial charge on any atom is 0.336 e. The molecule has 2 saturated carbocycles. The molecule has 110 valence electrons. The lowest BCUT2D eigenvalue weighted by Crippen LogP contribution is -2.38. The number of carbonyl (C=O) groups is 2. The number of hydrogen-bond donors (Lipinski definition) is 1. The zero-order valence-corrected chi connectivity index (χ0v) is 11.7. The Kier molecular flexibility index (Phi) is 2.62. The molecule has 2 fully saturated rings. The molecule has 1 aliphatic heterocycles. The summed E-state index contributed by atoms with van der Waals surface area (Å²) in [4.78, 5) is 35.1. The number of amides is 2. The zero-order chi connectivity index (χ0) is 14.6. The summed E-state index contributed by atoms with van der Waals surface area (Å²) >= 11 is 0. The van der Waals surface area contributed by atoms with Crippen molar-refractivity contribution in [2.24, 2.45) is 11.3 Å². The van der Waals surface area contributed by atoms with E-state index < -0.39 is 17.4 Å². The standard InChI is InChI=1S/C16H17NO4/c18-12-8-11-14(15(20)17-12)9(7-13(19)21-11)3-4-16(5-6-16)10-1-2-10/h7,10H,1-6,8H2,(H,17,18,20). The van der Waals surface area contributed by atoms with E-state index in [9.17, 15) is 14.4 Å². The first-order valence-electron chi connectivity index (χ1n) is 7.57. The fourth-order valence-corrected chi connectivity index (χ4v) is 3.67. The molecule has 0 spiro atoms. The van der Waals surface area contributed by atoms with E-state index in [-0.39, 0.29) is 12.2 Å². The van der Waals surface area contributed by atoms with Gasteiger partial charge in [0.2, 0.25) is 5.91 Å². The number of rotatable bonds is 4. The number of hydrogen-bond acceptors (Lipinski definition) is 4. The van der Waals surface area contributed by atoms with Gasteiger partial charge in [-0.1, -0.05) is 0 Å². The molecule has 2 aliphatic carbocycles. The normalized spacial score (nSPS) is 22.7. The van der Waals surface area contributed by atoms with E-state index in [0.717, 1.165) is 17.9 Å². The third-order valence-corrected chi connectivity index (χ3v) is 5.14. The number of aryl methyl sites for hydroxylation is 1. The third kappa shape index (κ3) is 2.20. The minimum Gasteiger partial charge on any atom is -0.426 e. The lowest BCUT2D eigenvalue weighted by molar-refractivity contribution is -0.120. The molecule has 5 nitrogen and oxygen atoms in total. The molecule has 0 saturated heterocycles. The Hall–Kier alpha value is -1.91. The van der Waals surface area contributed by atoms with Crippen molar-refractivity contribution in [1.82, 2.24) is 5.32 Å². The molecule has 1 aromatic rings. The van der Waals surface area contributed by atoms with Gasteiger partial charge in [-0.05, 0) is 55.4 Å². The summed E-state index contributed by atoms with van der Waals surface area (Å²) in [5.74, 6) is 0.229. The minimum absolute atomic E-state index is 0.0298. The van der Waals surface area contributed by atoms with Gasteiger partial charge in [-0.2, -0.15) is 0 Å². The van der Waals surface area contributed by atoms with Crippen LogP contribution in [0.1, 0.15) is 53.8 Å². The van der Waals surface area contributed by atoms with Crippen LogP contribution in [0.2, 0.25) is 0 Å². The van der Waals surface area contributed by atoms with Crippen LogP contribution in [0.25, 0.3) is 0 Å². The van der Waals surface area contributed by atoms with Gasteiger partial charge in [0, 0.05) is 6.07 Å². The Morgan fingerprint density at radius 2 is 2.00 bits per heavy atom. The molecule has 3 aliphatic rings. The van der Waals surface area contributed by atoms with Gasteiger partial charge in [0.25, 0.3) is 5.91 Å². The number of fused-ring (bicyclic) bond motifs is 1. The fourth-order valence-electron chi connectivity index (χ4n) is 3.67. The lowest BCUT2D eigenvalue weighted by atomic mass is 9.90. The Bertz CT molecular complexity index is 695. The first-order chi connectivity index (χ1) is 10.1. The van der Waals surface area contributed by atoms with Crippen LogP contribution in [0.4, 0.5) is 0 Å². The first kappa shape index (κ1) is 12.8. The van der Waals surface area contributed by atoms with Gasteiger partial charge in [-0.15, -0.1) is 0 Å². The van der Waals surface area contributed by atoms with Crippen molar-refractivity contribution in [2.75, 3.05) is 0 Å². The molecular weight excluding hydrogens is 270 g/mol. The molecule has 0 aromatic carbocycles. The second-order valence-corrected chi connectivity index (χ2v) is 6.58. The predicted molar refractivity (Wildman–Crippen MR) is 73.9 cm³/mol. The van der Waals surface area contributed by atoms with Crippen LogP contribution in [-0.2, 0) is 17.6 Å². The second kappa shape index (κ2) is 4.29. The first-order valence-corrected chi connectivity index (χ1v) is 7.57. The van der Waals surface area contributed by atoms with E-state index in [1.165, 1.54) is 31.7 Å². The van der Waals surface area contributed by atoms with Crippen molar-refractivity contribution < 1.29 is 14.0 Å². The average Bonchev–Trinajstić information content (AvgIpc) is 3.27. The van der Waals surface area contributed by atoms with Crippen LogP contribution < -0.4 is 10.9 Å². The second-order valence-electron chi connectivity index (χ2n) is 6.58. The Labute approximate surface area is 121 Å². The van der Waals surface area contributed by atoms with E-state index in [1.54, 1.807) is 0 Å². The molecular formula is C16H17NO4. The summed E-state index contributed by atoms with van der Waals surface area (Å²) in [6, 6.07) is 1.41. The molecule has 0 unspecified atom stereocenters. The van der Waals surface area contributed by atoms with Crippen molar-refractivity contribution in [3.8, 4) is 0 Å². The highest BCUT2D eigenvalue weighted by Crippen LogP contribution is 2.63. The largest absolute Gasteiger partial charge is 0.426 e. The Morgan fingerprint density at radius 3 is 2.67 bits per heavy atom. The van der Waals surface area contributed by atoms with Crippen molar-refractivity contribution >= 4 is 11.8 Å². The maximum absolute atomic E-state index is 12.0. The van der Waals surface area contributed by atoms with Crippen molar-refractivity contribution in [1.29, 1.82) is 0 Å². The molecule has 1 aromatic heterocycles. The van der Waals surface area contributed by atoms with Crippen LogP contribution in [0.5, 0.6) is 0 Å². The molecule has 4 rings (SSSR count). The lowest BCUT2D eigenvalue weighted by Gasteiger charge is -2.19. The van der Waals surface area contributed by atoms with Gasteiger partial charge in [-0.25, -0.2) is 4.79 Å². The van der Waals surface area contributed by atoms with E-state index in [2.05, 4.69) is 5.32 Å². The highest BCUT2D eigenvalue weighted by Gasteiger charge is 2.52. The van der Waals surface area contributed by atoms with Crippen LogP contribution in [-0.4, -0.2) is 11.8 Å². The summed E-state index contributed by atoms with van der Waals surface area (Å²) in [6.07, 6.45) is 6.89. The van der Waals surface area contributed by atoms with Crippen molar-refractivity contribution in [3.63, 3.8) is 0 Å². The Morgan fingerprint density at radius 1 is 1.24 bits per heavy atom. The molecule has 0 atom stereocenters. The minimum atomic E-state index is -0.470. The number of imide groups is 1. The topological polar surface area (TPSA) is 76.4 Å². The molecule has 5 heteroatoms. The highest BCUT2D eigenvalue weighted by atomic mass is 16.4. The monoisotopic (exact) mass is 287 g/mol. The summed E-state index contributed by atoms with van der Waals surface area (Å²) in [6.45, 7) is 0. The summed E-state index contributed by atoms with van der Waals surface area (Å²) < 4.78 is 5.05. The Balaban J connectivity index is 1.64. The number of nitrogens with one attached hydrogen (secondary N) is 1. The maximum atomic E-state index is 12.0. The molecule has 1 N–H and O–H groups in total. The number of carbonyl (C=O) groups excluding carboxylic acids is 2. The van der Waals surface area contributed by atoms with Crippen molar-refractivity contribution in [2.45, 2.75) is 44.9 Å². The van der Waals surface area contributed by atoms with Gasteiger partial charge in [0.05, 0.1) is 12.0 Å². The van der Waals surface area contributed by atoms with E-state index in [1.807, 2.05) is 0 Å².